The van der Waals surface area contributed by atoms with E-state index >= 15 is 0 Å². The van der Waals surface area contributed by atoms with E-state index in [2.05, 4.69) is 5.32 Å². The first-order valence-corrected chi connectivity index (χ1v) is 6.02. The monoisotopic (exact) mass is 228 g/mol. The van der Waals surface area contributed by atoms with Crippen molar-refractivity contribution in [3.05, 3.63) is 0 Å². The Morgan fingerprint density at radius 3 is 2.75 bits per heavy atom. The minimum Gasteiger partial charge on any atom is -0.385 e. The molecule has 16 heavy (non-hydrogen) atoms. The van der Waals surface area contributed by atoms with Gasteiger partial charge in [0.05, 0.1) is 0 Å². The van der Waals surface area contributed by atoms with E-state index in [0.29, 0.717) is 6.04 Å². The molecule has 1 N–H and O–H groups in total. The second kappa shape index (κ2) is 5.53. The van der Waals surface area contributed by atoms with E-state index in [4.69, 9.17) is 4.74 Å². The van der Waals surface area contributed by atoms with Crippen LogP contribution in [0.3, 0.4) is 0 Å². The Morgan fingerprint density at radius 2 is 2.19 bits per heavy atom. The lowest BCUT2D eigenvalue weighted by Gasteiger charge is -2.29. The highest BCUT2D eigenvalue weighted by molar-refractivity contribution is 5.75. The van der Waals surface area contributed by atoms with E-state index in [1.54, 1.807) is 7.11 Å². The summed E-state index contributed by atoms with van der Waals surface area (Å²) in [6.07, 6.45) is 3.14. The number of hydrogen-bond donors (Lipinski definition) is 1. The molecule has 0 aromatic rings. The lowest BCUT2D eigenvalue weighted by Crippen LogP contribution is -2.50. The van der Waals surface area contributed by atoms with E-state index < -0.39 is 0 Å². The Kier molecular flexibility index (Phi) is 4.59. The minimum atomic E-state index is -0.161. The number of methoxy groups -OCH3 is 1. The second-order valence-electron chi connectivity index (χ2n) is 5.45. The van der Waals surface area contributed by atoms with E-state index in [0.717, 1.165) is 32.4 Å². The van der Waals surface area contributed by atoms with E-state index in [9.17, 15) is 4.79 Å². The van der Waals surface area contributed by atoms with Crippen LogP contribution >= 0.6 is 0 Å². The van der Waals surface area contributed by atoms with Gasteiger partial charge in [-0.05, 0) is 40.0 Å². The van der Waals surface area contributed by atoms with Crippen molar-refractivity contribution in [2.45, 2.75) is 51.6 Å². The van der Waals surface area contributed by atoms with Crippen molar-refractivity contribution in [1.29, 1.82) is 0 Å². The summed E-state index contributed by atoms with van der Waals surface area (Å²) in [4.78, 5) is 14.0. The predicted octanol–water partition coefficient (Wildman–Crippen LogP) is 2.00. The van der Waals surface area contributed by atoms with Gasteiger partial charge in [-0.15, -0.1) is 0 Å². The topological polar surface area (TPSA) is 41.6 Å². The van der Waals surface area contributed by atoms with Gasteiger partial charge in [0.25, 0.3) is 0 Å². The number of nitrogens with one attached hydrogen (secondary N) is 1. The number of nitrogens with zero attached hydrogens (tertiary/aromatic N) is 1. The average molecular weight is 228 g/mol. The lowest BCUT2D eigenvalue weighted by molar-refractivity contribution is 0.150. The number of amides is 2. The Morgan fingerprint density at radius 1 is 1.50 bits per heavy atom. The molecule has 0 bridgehead atoms. The molecule has 4 nitrogen and oxygen atoms in total. The maximum absolute atomic E-state index is 12.0. The summed E-state index contributed by atoms with van der Waals surface area (Å²) in [6.45, 7) is 7.61. The van der Waals surface area contributed by atoms with Gasteiger partial charge in [0.1, 0.15) is 0 Å². The summed E-state index contributed by atoms with van der Waals surface area (Å²) in [5.41, 5.74) is -0.161. The largest absolute Gasteiger partial charge is 0.385 e. The summed E-state index contributed by atoms with van der Waals surface area (Å²) in [5.74, 6) is 0. The number of likely N-dealkylation sites (tertiary alicyclic amines) is 1. The third kappa shape index (κ3) is 4.00. The molecule has 1 heterocycles. The molecule has 0 aromatic carbocycles. The van der Waals surface area contributed by atoms with Crippen LogP contribution in [0.25, 0.3) is 0 Å². The van der Waals surface area contributed by atoms with Crippen LogP contribution in [0.5, 0.6) is 0 Å². The molecule has 1 fully saturated rings. The van der Waals surface area contributed by atoms with Crippen molar-refractivity contribution in [3.63, 3.8) is 0 Å². The molecule has 1 aliphatic rings. The molecule has 1 rings (SSSR count). The summed E-state index contributed by atoms with van der Waals surface area (Å²) in [5, 5.41) is 3.01. The average Bonchev–Trinajstić information content (AvgIpc) is 2.59. The van der Waals surface area contributed by atoms with Crippen LogP contribution in [0.15, 0.2) is 0 Å². The molecular weight excluding hydrogens is 204 g/mol. The zero-order valence-corrected chi connectivity index (χ0v) is 10.9. The fraction of sp³-hybridized carbons (Fsp3) is 0.917. The zero-order chi connectivity index (χ0) is 12.2. The Balaban J connectivity index is 2.47. The predicted molar refractivity (Wildman–Crippen MR) is 64.5 cm³/mol. The fourth-order valence-corrected chi connectivity index (χ4v) is 2.05. The SMILES string of the molecule is COCC[C@@H]1CCCN1C(=O)NC(C)(C)C. The van der Waals surface area contributed by atoms with Crippen LogP contribution in [-0.2, 0) is 4.74 Å². The quantitative estimate of drug-likeness (QED) is 0.802. The van der Waals surface area contributed by atoms with Crippen LogP contribution in [0.1, 0.15) is 40.0 Å². The van der Waals surface area contributed by atoms with Crippen molar-refractivity contribution in [2.24, 2.45) is 0 Å². The van der Waals surface area contributed by atoms with E-state index in [1.165, 1.54) is 0 Å². The van der Waals surface area contributed by atoms with E-state index in [1.807, 2.05) is 25.7 Å². The summed E-state index contributed by atoms with van der Waals surface area (Å²) < 4.78 is 5.07. The molecule has 4 heteroatoms. The maximum Gasteiger partial charge on any atom is 0.318 e. The van der Waals surface area contributed by atoms with Gasteiger partial charge >= 0.3 is 6.03 Å². The van der Waals surface area contributed by atoms with Gasteiger partial charge in [-0.3, -0.25) is 0 Å². The fourth-order valence-electron chi connectivity index (χ4n) is 2.05. The Bertz CT molecular complexity index is 236. The van der Waals surface area contributed by atoms with Crippen LogP contribution in [-0.4, -0.2) is 42.8 Å². The first-order valence-electron chi connectivity index (χ1n) is 6.02. The minimum absolute atomic E-state index is 0.0612. The van der Waals surface area contributed by atoms with Gasteiger partial charge in [-0.2, -0.15) is 0 Å². The van der Waals surface area contributed by atoms with Crippen molar-refractivity contribution < 1.29 is 9.53 Å². The van der Waals surface area contributed by atoms with Gasteiger partial charge in [0, 0.05) is 31.8 Å². The highest BCUT2D eigenvalue weighted by atomic mass is 16.5. The number of carbonyl (C=O) groups excluding carboxylic acids is 1. The van der Waals surface area contributed by atoms with Gasteiger partial charge in [-0.1, -0.05) is 0 Å². The molecule has 0 spiro atoms. The normalized spacial score (nSPS) is 21.2. The third-order valence-electron chi connectivity index (χ3n) is 2.78. The smallest absolute Gasteiger partial charge is 0.318 e. The molecule has 2 amide bonds. The number of hydrogen-bond acceptors (Lipinski definition) is 2. The van der Waals surface area contributed by atoms with Crippen molar-refractivity contribution in [2.75, 3.05) is 20.3 Å². The molecule has 0 saturated carbocycles. The molecule has 1 atom stereocenters. The van der Waals surface area contributed by atoms with Crippen molar-refractivity contribution in [1.82, 2.24) is 10.2 Å². The van der Waals surface area contributed by atoms with Gasteiger partial charge < -0.3 is 15.0 Å². The van der Waals surface area contributed by atoms with Crippen LogP contribution in [0.4, 0.5) is 4.79 Å². The number of rotatable bonds is 3. The molecule has 94 valence electrons. The molecule has 0 radical (unpaired) electrons. The highest BCUT2D eigenvalue weighted by Crippen LogP contribution is 2.20. The van der Waals surface area contributed by atoms with Gasteiger partial charge in [0.15, 0.2) is 0 Å². The molecule has 0 unspecified atom stereocenters. The van der Waals surface area contributed by atoms with Crippen LogP contribution < -0.4 is 5.32 Å². The van der Waals surface area contributed by atoms with Crippen molar-refractivity contribution >= 4 is 6.03 Å². The molecule has 0 aromatic heterocycles. The van der Waals surface area contributed by atoms with Crippen molar-refractivity contribution in [3.8, 4) is 0 Å². The van der Waals surface area contributed by atoms with Crippen LogP contribution in [0, 0.1) is 0 Å². The zero-order valence-electron chi connectivity index (χ0n) is 10.9. The first kappa shape index (κ1) is 13.3. The van der Waals surface area contributed by atoms with E-state index in [-0.39, 0.29) is 11.6 Å². The summed E-state index contributed by atoms with van der Waals surface area (Å²) in [6, 6.07) is 0.411. The van der Waals surface area contributed by atoms with Gasteiger partial charge in [0.2, 0.25) is 0 Å². The standard InChI is InChI=1S/C12H24N2O2/c1-12(2,3)13-11(15)14-8-5-6-10(14)7-9-16-4/h10H,5-9H2,1-4H3,(H,13,15)/t10-/m0/s1. The molecular formula is C12H24N2O2. The summed E-state index contributed by atoms with van der Waals surface area (Å²) in [7, 11) is 1.70. The first-order chi connectivity index (χ1) is 7.44. The molecule has 0 aliphatic carbocycles. The molecule has 1 saturated heterocycles. The van der Waals surface area contributed by atoms with Gasteiger partial charge in [-0.25, -0.2) is 4.79 Å². The third-order valence-corrected chi connectivity index (χ3v) is 2.78. The Labute approximate surface area is 98.3 Å². The second-order valence-corrected chi connectivity index (χ2v) is 5.45. The highest BCUT2D eigenvalue weighted by Gasteiger charge is 2.29. The number of ether oxygens (including phenoxy) is 1. The Hall–Kier alpha value is -0.770. The number of urea groups is 1. The summed E-state index contributed by atoms with van der Waals surface area (Å²) >= 11 is 0. The van der Waals surface area contributed by atoms with Crippen LogP contribution in [0.2, 0.25) is 0 Å². The lowest BCUT2D eigenvalue weighted by atomic mass is 10.1. The molecule has 1 aliphatic heterocycles. The number of carbonyl (C=O) groups is 1. The maximum atomic E-state index is 12.0.